The van der Waals surface area contributed by atoms with Crippen LogP contribution < -0.4 is 0 Å². The zero-order valence-electron chi connectivity index (χ0n) is 15.8. The van der Waals surface area contributed by atoms with Gasteiger partial charge < -0.3 is 14.6 Å². The van der Waals surface area contributed by atoms with Crippen LogP contribution >= 0.6 is 0 Å². The molecule has 28 heavy (non-hydrogen) atoms. The van der Waals surface area contributed by atoms with Crippen molar-refractivity contribution >= 4 is 11.1 Å². The molecular weight excluding hydrogens is 530 g/mol. The summed E-state index contributed by atoms with van der Waals surface area (Å²) in [6, 6.07) is 18.5. The minimum Gasteiger partial charge on any atom is -0.481 e. The normalized spacial score (nSPS) is 26.5. The van der Waals surface area contributed by atoms with Crippen LogP contribution in [0.2, 0.25) is 0 Å². The molecule has 0 aliphatic heterocycles. The van der Waals surface area contributed by atoms with Crippen molar-refractivity contribution in [1.82, 2.24) is 4.98 Å². The van der Waals surface area contributed by atoms with Gasteiger partial charge in [-0.2, -0.15) is 0 Å². The predicted octanol–water partition coefficient (Wildman–Crippen LogP) is 4.60. The number of para-hydroxylation sites is 2. The molecule has 2 aromatic carbocycles. The summed E-state index contributed by atoms with van der Waals surface area (Å²) in [5, 5.41) is 19.4. The second-order valence-electron chi connectivity index (χ2n) is 7.60. The van der Waals surface area contributed by atoms with Crippen LogP contribution in [0.3, 0.4) is 0 Å². The molecule has 2 aliphatic rings. The second kappa shape index (κ2) is 9.80. The van der Waals surface area contributed by atoms with Gasteiger partial charge in [0.25, 0.3) is 0 Å². The van der Waals surface area contributed by atoms with Crippen molar-refractivity contribution in [3.63, 3.8) is 0 Å². The van der Waals surface area contributed by atoms with Crippen LogP contribution in [0.4, 0.5) is 0 Å². The summed E-state index contributed by atoms with van der Waals surface area (Å²) < 4.78 is 5.61. The Morgan fingerprint density at radius 3 is 2.43 bits per heavy atom. The number of nitrogens with zero attached hydrogens (tertiary/aromatic N) is 1. The minimum absolute atomic E-state index is 0. The van der Waals surface area contributed by atoms with E-state index in [1.54, 1.807) is 0 Å². The number of aliphatic hydroxyl groups excluding tert-OH is 2. The topological polar surface area (TPSA) is 66.5 Å². The van der Waals surface area contributed by atoms with Gasteiger partial charge in [0.15, 0.2) is 0 Å². The van der Waals surface area contributed by atoms with Crippen molar-refractivity contribution < 1.29 is 34.7 Å². The van der Waals surface area contributed by atoms with Crippen molar-refractivity contribution in [2.75, 3.05) is 0 Å². The molecule has 4 unspecified atom stereocenters. The quantitative estimate of drug-likeness (QED) is 0.430. The van der Waals surface area contributed by atoms with Gasteiger partial charge in [-0.3, -0.25) is 4.98 Å². The molecule has 0 saturated heterocycles. The Morgan fingerprint density at radius 1 is 0.893 bits per heavy atom. The summed E-state index contributed by atoms with van der Waals surface area (Å²) in [6.07, 6.45) is 6.09. The Hall–Kier alpha value is -1.52. The maximum atomic E-state index is 9.77. The van der Waals surface area contributed by atoms with E-state index in [0.717, 1.165) is 42.3 Å². The van der Waals surface area contributed by atoms with Crippen molar-refractivity contribution in [2.24, 2.45) is 11.8 Å². The van der Waals surface area contributed by atoms with E-state index < -0.39 is 0 Å². The fourth-order valence-electron chi connectivity index (χ4n) is 4.46. The number of hydrogen-bond acceptors (Lipinski definition) is 4. The van der Waals surface area contributed by atoms with Gasteiger partial charge in [0.1, 0.15) is 11.5 Å². The molecule has 4 nitrogen and oxygen atoms in total. The van der Waals surface area contributed by atoms with E-state index in [0.29, 0.717) is 11.8 Å². The zero-order chi connectivity index (χ0) is 18.6. The molecule has 0 amide bonds. The van der Waals surface area contributed by atoms with Gasteiger partial charge in [-0.05, 0) is 43.7 Å². The number of aromatic nitrogens is 1. The van der Waals surface area contributed by atoms with Crippen LogP contribution in [0.5, 0.6) is 0 Å². The Kier molecular flexibility index (Phi) is 7.42. The molecule has 1 heterocycles. The van der Waals surface area contributed by atoms with Gasteiger partial charge >= 0.3 is 0 Å². The molecule has 2 aliphatic carbocycles. The molecule has 0 spiro atoms. The first-order valence-electron chi connectivity index (χ1n) is 9.91. The summed E-state index contributed by atoms with van der Waals surface area (Å²) in [7, 11) is 0. The van der Waals surface area contributed by atoms with Gasteiger partial charge in [0, 0.05) is 26.0 Å². The fourth-order valence-corrected chi connectivity index (χ4v) is 4.46. The average molecular weight is 557 g/mol. The van der Waals surface area contributed by atoms with Crippen LogP contribution in [0.25, 0.3) is 22.6 Å². The first-order chi connectivity index (χ1) is 13.2. The molecule has 151 valence electrons. The number of fused-ring (bicyclic) bond motifs is 2. The summed E-state index contributed by atoms with van der Waals surface area (Å²) in [4.78, 5) is 4.39. The third kappa shape index (κ3) is 4.72. The number of benzene rings is 2. The number of aliphatic hydroxyl groups is 2. The monoisotopic (exact) mass is 557 g/mol. The summed E-state index contributed by atoms with van der Waals surface area (Å²) >= 11 is 0. The average Bonchev–Trinajstić information content (AvgIpc) is 3.24. The molecule has 5 rings (SSSR count). The van der Waals surface area contributed by atoms with E-state index >= 15 is 0 Å². The predicted molar refractivity (Wildman–Crippen MR) is 105 cm³/mol. The maximum absolute atomic E-state index is 9.77. The minimum atomic E-state index is -0.227. The van der Waals surface area contributed by atoms with E-state index in [9.17, 15) is 10.2 Å². The first-order valence-corrected chi connectivity index (χ1v) is 9.91. The summed E-state index contributed by atoms with van der Waals surface area (Å²) in [6.45, 7) is 0. The van der Waals surface area contributed by atoms with Crippen molar-refractivity contribution in [3.8, 4) is 11.5 Å². The van der Waals surface area contributed by atoms with E-state index in [-0.39, 0.29) is 38.2 Å². The smallest absolute Gasteiger partial charge is 0.141 e. The van der Waals surface area contributed by atoms with Gasteiger partial charge in [-0.25, -0.2) is 0 Å². The molecule has 5 heteroatoms. The maximum Gasteiger partial charge on any atom is 0.141 e. The number of hydrogen-bond donors (Lipinski definition) is 2. The molecule has 4 atom stereocenters. The van der Waals surface area contributed by atoms with Gasteiger partial charge in [0.05, 0.1) is 17.7 Å². The molecule has 1 aromatic heterocycles. The third-order valence-corrected chi connectivity index (χ3v) is 5.82. The van der Waals surface area contributed by atoms with E-state index in [1.165, 1.54) is 12.8 Å². The largest absolute Gasteiger partial charge is 0.481 e. The van der Waals surface area contributed by atoms with Gasteiger partial charge in [0.2, 0.25) is 0 Å². The Bertz CT molecular complexity index is 833. The molecule has 2 fully saturated rings. The molecule has 1 radical (unpaired) electrons. The fraction of sp³-hybridized carbons (Fsp3) is 0.435. The standard InChI is InChI=1S/C13H8NO.C10H18O2.Ir/c1-2-6-10(7-3-1)13-14-11-8-4-5-9-12(11)15-13;11-8-4-2-1-3-7-5-6-9(12)10(7)8;/h1-6,8-9H;7-12H,1-6H2;/q-1;;. The Balaban J connectivity index is 0.000000159. The molecule has 0 bridgehead atoms. The van der Waals surface area contributed by atoms with Crippen LogP contribution in [-0.2, 0) is 20.1 Å². The molecular formula is C23H26IrNO3-. The SMILES string of the molecule is OC1CCCCC2CCC(O)C12.[Ir].[c-]1ccccc1-c1nc2ccccc2o1. The van der Waals surface area contributed by atoms with Crippen LogP contribution in [0, 0.1) is 17.9 Å². The summed E-state index contributed by atoms with van der Waals surface area (Å²) in [5.74, 6) is 1.43. The van der Waals surface area contributed by atoms with Crippen LogP contribution in [0.15, 0.2) is 52.9 Å². The number of rotatable bonds is 1. The summed E-state index contributed by atoms with van der Waals surface area (Å²) in [5.41, 5.74) is 2.57. The molecule has 2 N–H and O–H groups in total. The molecule has 2 saturated carbocycles. The van der Waals surface area contributed by atoms with Gasteiger partial charge in [-0.15, -0.1) is 30.3 Å². The Labute approximate surface area is 179 Å². The van der Waals surface area contributed by atoms with Crippen LogP contribution in [0.1, 0.15) is 38.5 Å². The molecule has 3 aromatic rings. The van der Waals surface area contributed by atoms with Crippen molar-refractivity contribution in [2.45, 2.75) is 50.7 Å². The van der Waals surface area contributed by atoms with E-state index in [4.69, 9.17) is 4.42 Å². The van der Waals surface area contributed by atoms with Crippen molar-refractivity contribution in [1.29, 1.82) is 0 Å². The zero-order valence-corrected chi connectivity index (χ0v) is 18.1. The van der Waals surface area contributed by atoms with Crippen molar-refractivity contribution in [3.05, 3.63) is 54.6 Å². The third-order valence-electron chi connectivity index (χ3n) is 5.82. The Morgan fingerprint density at radius 2 is 1.64 bits per heavy atom. The second-order valence-corrected chi connectivity index (χ2v) is 7.60. The van der Waals surface area contributed by atoms with E-state index in [2.05, 4.69) is 11.1 Å². The van der Waals surface area contributed by atoms with Crippen LogP contribution in [-0.4, -0.2) is 27.4 Å². The van der Waals surface area contributed by atoms with Gasteiger partial charge in [-0.1, -0.05) is 30.5 Å². The van der Waals surface area contributed by atoms with E-state index in [1.807, 2.05) is 48.5 Å². The number of oxazole rings is 1. The first kappa shape index (κ1) is 21.2.